The zero-order chi connectivity index (χ0) is 12.8. The van der Waals surface area contributed by atoms with E-state index in [1.54, 1.807) is 18.2 Å². The minimum Gasteiger partial charge on any atom is -0.330 e. The highest BCUT2D eigenvalue weighted by atomic mass is 19.1. The number of hydrogen-bond acceptors (Lipinski definition) is 2. The van der Waals surface area contributed by atoms with E-state index >= 15 is 0 Å². The molecule has 0 aliphatic carbocycles. The van der Waals surface area contributed by atoms with Gasteiger partial charge in [0.2, 0.25) is 0 Å². The third kappa shape index (κ3) is 4.27. The molecule has 0 fully saturated rings. The molecule has 94 valence electrons. The Balaban J connectivity index is 2.67. The monoisotopic (exact) mass is 237 g/mol. The molecule has 1 atom stereocenters. The van der Waals surface area contributed by atoms with Crippen molar-refractivity contribution in [1.29, 1.82) is 0 Å². The second-order valence-corrected chi connectivity index (χ2v) is 4.80. The quantitative estimate of drug-likeness (QED) is 0.826. The van der Waals surface area contributed by atoms with Crippen molar-refractivity contribution in [2.24, 2.45) is 17.6 Å². The standard InChI is InChI=1S/C14H20FNO/c1-10(2)7-12(9-16)14(17)8-11-5-3-4-6-13(11)15/h3-6,10,12H,7-9,16H2,1-2H3. The van der Waals surface area contributed by atoms with E-state index in [9.17, 15) is 9.18 Å². The van der Waals surface area contributed by atoms with Crippen molar-refractivity contribution in [3.05, 3.63) is 35.6 Å². The van der Waals surface area contributed by atoms with E-state index in [-0.39, 0.29) is 23.9 Å². The molecule has 0 amide bonds. The summed E-state index contributed by atoms with van der Waals surface area (Å²) >= 11 is 0. The number of halogens is 1. The maximum absolute atomic E-state index is 13.4. The van der Waals surface area contributed by atoms with E-state index in [1.165, 1.54) is 6.07 Å². The molecule has 1 unspecified atom stereocenters. The van der Waals surface area contributed by atoms with Gasteiger partial charge in [0.05, 0.1) is 0 Å². The normalized spacial score (nSPS) is 12.8. The van der Waals surface area contributed by atoms with Gasteiger partial charge in [0.15, 0.2) is 0 Å². The van der Waals surface area contributed by atoms with Crippen LogP contribution < -0.4 is 5.73 Å². The van der Waals surface area contributed by atoms with Gasteiger partial charge in [-0.2, -0.15) is 0 Å². The van der Waals surface area contributed by atoms with Gasteiger partial charge in [-0.15, -0.1) is 0 Å². The Morgan fingerprint density at radius 3 is 2.53 bits per heavy atom. The Labute approximate surface area is 102 Å². The van der Waals surface area contributed by atoms with Crippen LogP contribution in [0.2, 0.25) is 0 Å². The summed E-state index contributed by atoms with van der Waals surface area (Å²) in [5.41, 5.74) is 6.06. The minimum absolute atomic E-state index is 0.0336. The maximum Gasteiger partial charge on any atom is 0.141 e. The van der Waals surface area contributed by atoms with Gasteiger partial charge in [-0.05, 0) is 24.0 Å². The van der Waals surface area contributed by atoms with Crippen LogP contribution in [0.3, 0.4) is 0 Å². The summed E-state index contributed by atoms with van der Waals surface area (Å²) in [6, 6.07) is 6.39. The lowest BCUT2D eigenvalue weighted by Crippen LogP contribution is -2.26. The van der Waals surface area contributed by atoms with Crippen LogP contribution in [-0.4, -0.2) is 12.3 Å². The van der Waals surface area contributed by atoms with Gasteiger partial charge in [0.1, 0.15) is 11.6 Å². The van der Waals surface area contributed by atoms with Crippen LogP contribution in [0, 0.1) is 17.7 Å². The summed E-state index contributed by atoms with van der Waals surface area (Å²) in [5.74, 6) is -0.0183. The van der Waals surface area contributed by atoms with Crippen molar-refractivity contribution in [3.63, 3.8) is 0 Å². The molecule has 0 saturated carbocycles. The number of hydrogen-bond donors (Lipinski definition) is 1. The van der Waals surface area contributed by atoms with E-state index in [1.807, 2.05) is 0 Å². The summed E-state index contributed by atoms with van der Waals surface area (Å²) in [6.07, 6.45) is 0.908. The summed E-state index contributed by atoms with van der Waals surface area (Å²) in [6.45, 7) is 4.45. The Morgan fingerprint density at radius 2 is 2.00 bits per heavy atom. The topological polar surface area (TPSA) is 43.1 Å². The highest BCUT2D eigenvalue weighted by Crippen LogP contribution is 2.15. The van der Waals surface area contributed by atoms with Crippen molar-refractivity contribution < 1.29 is 9.18 Å². The summed E-state index contributed by atoms with van der Waals surface area (Å²) in [4.78, 5) is 12.0. The first kappa shape index (κ1) is 13.8. The third-order valence-corrected chi connectivity index (χ3v) is 2.82. The average molecular weight is 237 g/mol. The fourth-order valence-corrected chi connectivity index (χ4v) is 1.90. The van der Waals surface area contributed by atoms with Gasteiger partial charge in [0, 0.05) is 18.9 Å². The second kappa shape index (κ2) is 6.50. The molecule has 0 aliphatic rings. The molecule has 3 heteroatoms. The van der Waals surface area contributed by atoms with Gasteiger partial charge in [-0.25, -0.2) is 4.39 Å². The van der Waals surface area contributed by atoms with Crippen LogP contribution in [0.5, 0.6) is 0 Å². The van der Waals surface area contributed by atoms with E-state index in [2.05, 4.69) is 13.8 Å². The second-order valence-electron chi connectivity index (χ2n) is 4.80. The number of nitrogens with two attached hydrogens (primary N) is 1. The van der Waals surface area contributed by atoms with Crippen LogP contribution in [0.15, 0.2) is 24.3 Å². The number of carbonyl (C=O) groups is 1. The zero-order valence-electron chi connectivity index (χ0n) is 10.4. The fourth-order valence-electron chi connectivity index (χ4n) is 1.90. The molecule has 1 aromatic carbocycles. The van der Waals surface area contributed by atoms with Crippen molar-refractivity contribution in [2.75, 3.05) is 6.54 Å². The molecule has 2 N–H and O–H groups in total. The Morgan fingerprint density at radius 1 is 1.35 bits per heavy atom. The van der Waals surface area contributed by atoms with E-state index in [4.69, 9.17) is 5.73 Å². The first-order chi connectivity index (χ1) is 8.04. The van der Waals surface area contributed by atoms with Crippen LogP contribution in [0.25, 0.3) is 0 Å². The molecular weight excluding hydrogens is 217 g/mol. The third-order valence-electron chi connectivity index (χ3n) is 2.82. The highest BCUT2D eigenvalue weighted by molar-refractivity contribution is 5.83. The van der Waals surface area contributed by atoms with E-state index in [0.717, 1.165) is 6.42 Å². The first-order valence-corrected chi connectivity index (χ1v) is 6.00. The molecule has 0 heterocycles. The number of carbonyl (C=O) groups excluding carboxylic acids is 1. The summed E-state index contributed by atoms with van der Waals surface area (Å²) < 4.78 is 13.4. The smallest absolute Gasteiger partial charge is 0.141 e. The number of ketones is 1. The lowest BCUT2D eigenvalue weighted by Gasteiger charge is -2.15. The molecule has 0 radical (unpaired) electrons. The van der Waals surface area contributed by atoms with Crippen LogP contribution in [0.4, 0.5) is 4.39 Å². The summed E-state index contributed by atoms with van der Waals surface area (Å²) in [5, 5.41) is 0. The van der Waals surface area contributed by atoms with E-state index in [0.29, 0.717) is 18.0 Å². The van der Waals surface area contributed by atoms with Crippen molar-refractivity contribution >= 4 is 5.78 Å². The van der Waals surface area contributed by atoms with Crippen molar-refractivity contribution in [3.8, 4) is 0 Å². The summed E-state index contributed by atoms with van der Waals surface area (Å²) in [7, 11) is 0. The SMILES string of the molecule is CC(C)CC(CN)C(=O)Cc1ccccc1F. The van der Waals surface area contributed by atoms with Crippen LogP contribution >= 0.6 is 0 Å². The lowest BCUT2D eigenvalue weighted by atomic mass is 9.90. The van der Waals surface area contributed by atoms with Gasteiger partial charge >= 0.3 is 0 Å². The molecular formula is C14H20FNO. The number of benzene rings is 1. The van der Waals surface area contributed by atoms with Gasteiger partial charge in [0.25, 0.3) is 0 Å². The lowest BCUT2D eigenvalue weighted by molar-refractivity contribution is -0.122. The number of Topliss-reactive ketones (excluding diaryl/α,β-unsaturated/α-hetero) is 1. The Hall–Kier alpha value is -1.22. The predicted molar refractivity (Wildman–Crippen MR) is 67.1 cm³/mol. The molecule has 0 aliphatic heterocycles. The molecule has 2 nitrogen and oxygen atoms in total. The maximum atomic E-state index is 13.4. The van der Waals surface area contributed by atoms with E-state index < -0.39 is 0 Å². The zero-order valence-corrected chi connectivity index (χ0v) is 10.4. The van der Waals surface area contributed by atoms with Crippen molar-refractivity contribution in [2.45, 2.75) is 26.7 Å². The molecule has 1 aromatic rings. The molecule has 0 spiro atoms. The fraction of sp³-hybridized carbons (Fsp3) is 0.500. The predicted octanol–water partition coefficient (Wildman–Crippen LogP) is 2.56. The Bertz CT molecular complexity index is 376. The van der Waals surface area contributed by atoms with Crippen LogP contribution in [0.1, 0.15) is 25.8 Å². The molecule has 1 rings (SSSR count). The highest BCUT2D eigenvalue weighted by Gasteiger charge is 2.19. The Kier molecular flexibility index (Phi) is 5.29. The number of rotatable bonds is 6. The molecule has 0 saturated heterocycles. The minimum atomic E-state index is -0.318. The first-order valence-electron chi connectivity index (χ1n) is 6.00. The van der Waals surface area contributed by atoms with Crippen molar-refractivity contribution in [1.82, 2.24) is 0 Å². The molecule has 17 heavy (non-hydrogen) atoms. The van der Waals surface area contributed by atoms with Gasteiger partial charge in [-0.3, -0.25) is 4.79 Å². The average Bonchev–Trinajstić information content (AvgIpc) is 2.28. The van der Waals surface area contributed by atoms with Crippen LogP contribution in [-0.2, 0) is 11.2 Å². The molecule has 0 bridgehead atoms. The molecule has 0 aromatic heterocycles. The van der Waals surface area contributed by atoms with Gasteiger partial charge in [-0.1, -0.05) is 32.0 Å². The van der Waals surface area contributed by atoms with Gasteiger partial charge < -0.3 is 5.73 Å². The largest absolute Gasteiger partial charge is 0.330 e.